The van der Waals surface area contributed by atoms with Crippen molar-refractivity contribution >= 4 is 16.9 Å². The van der Waals surface area contributed by atoms with E-state index in [9.17, 15) is 18.0 Å². The zero-order valence-corrected chi connectivity index (χ0v) is 18.6. The molecule has 1 fully saturated rings. The summed E-state index contributed by atoms with van der Waals surface area (Å²) in [5.74, 6) is -0.423. The Bertz CT molecular complexity index is 1210. The number of rotatable bonds is 7. The number of alkyl halides is 3. The maximum atomic E-state index is 13.7. The SMILES string of the molecule is O=C(O)CC1CCc2c1[nH]c1ccc(OCc3ccc(OC4CCCC4)c(C(F)(F)F)c3)cc21. The smallest absolute Gasteiger partial charge is 0.419 e. The lowest BCUT2D eigenvalue weighted by molar-refractivity contribution is -0.139. The van der Waals surface area contributed by atoms with Crippen LogP contribution in [-0.2, 0) is 24.0 Å². The predicted octanol–water partition coefficient (Wildman–Crippen LogP) is 6.59. The number of aliphatic carboxylic acids is 1. The molecule has 3 aromatic rings. The summed E-state index contributed by atoms with van der Waals surface area (Å²) in [6.45, 7) is -0.00739. The molecule has 0 amide bonds. The third-order valence-corrected chi connectivity index (χ3v) is 6.83. The summed E-state index contributed by atoms with van der Waals surface area (Å²) >= 11 is 0. The Hall–Kier alpha value is -3.16. The van der Waals surface area contributed by atoms with Gasteiger partial charge in [0.1, 0.15) is 18.1 Å². The lowest BCUT2D eigenvalue weighted by Gasteiger charge is -2.19. The first-order valence-electron chi connectivity index (χ1n) is 11.6. The minimum atomic E-state index is -4.51. The Morgan fingerprint density at radius 3 is 2.62 bits per heavy atom. The average Bonchev–Trinajstić information content (AvgIpc) is 3.50. The van der Waals surface area contributed by atoms with Crippen molar-refractivity contribution in [2.45, 2.75) is 69.8 Å². The number of H-pyrrole nitrogens is 1. The monoisotopic (exact) mass is 473 g/mol. The van der Waals surface area contributed by atoms with Crippen LogP contribution in [0.1, 0.15) is 66.8 Å². The lowest BCUT2D eigenvalue weighted by Crippen LogP contribution is -2.16. The molecule has 0 saturated heterocycles. The first kappa shape index (κ1) is 22.6. The van der Waals surface area contributed by atoms with E-state index in [1.54, 1.807) is 12.1 Å². The summed E-state index contributed by atoms with van der Waals surface area (Å²) in [7, 11) is 0. The summed E-state index contributed by atoms with van der Waals surface area (Å²) in [4.78, 5) is 14.5. The van der Waals surface area contributed by atoms with Crippen LogP contribution in [0.5, 0.6) is 11.5 Å². The highest BCUT2D eigenvalue weighted by molar-refractivity contribution is 5.87. The van der Waals surface area contributed by atoms with Gasteiger partial charge in [-0.05, 0) is 80.0 Å². The number of aryl methyl sites for hydroxylation is 1. The summed E-state index contributed by atoms with van der Waals surface area (Å²) in [5, 5.41) is 10.1. The molecule has 2 aliphatic rings. The highest BCUT2D eigenvalue weighted by Crippen LogP contribution is 2.41. The third-order valence-electron chi connectivity index (χ3n) is 6.83. The van der Waals surface area contributed by atoms with Crippen molar-refractivity contribution in [3.63, 3.8) is 0 Å². The van der Waals surface area contributed by atoms with E-state index in [-0.39, 0.29) is 30.8 Å². The summed E-state index contributed by atoms with van der Waals surface area (Å²) < 4.78 is 52.6. The van der Waals surface area contributed by atoms with E-state index in [1.807, 2.05) is 12.1 Å². The van der Waals surface area contributed by atoms with Crippen molar-refractivity contribution < 1.29 is 32.5 Å². The molecule has 2 aromatic carbocycles. The van der Waals surface area contributed by atoms with E-state index < -0.39 is 17.7 Å². The van der Waals surface area contributed by atoms with Crippen molar-refractivity contribution in [2.24, 2.45) is 0 Å². The molecule has 1 saturated carbocycles. The van der Waals surface area contributed by atoms with Crippen LogP contribution in [0.4, 0.5) is 13.2 Å². The van der Waals surface area contributed by atoms with E-state index in [1.165, 1.54) is 6.07 Å². The molecule has 8 heteroatoms. The summed E-state index contributed by atoms with van der Waals surface area (Å²) in [6.07, 6.45) is 0.507. The molecule has 2 aliphatic carbocycles. The quantitative estimate of drug-likeness (QED) is 0.406. The van der Waals surface area contributed by atoms with Crippen LogP contribution in [0.2, 0.25) is 0 Å². The number of hydrogen-bond acceptors (Lipinski definition) is 3. The molecule has 0 spiro atoms. The van der Waals surface area contributed by atoms with Gasteiger partial charge in [-0.2, -0.15) is 13.2 Å². The average molecular weight is 473 g/mol. The molecule has 2 N–H and O–H groups in total. The molecule has 0 aliphatic heterocycles. The van der Waals surface area contributed by atoms with Crippen LogP contribution in [0.15, 0.2) is 36.4 Å². The standard InChI is InChI=1S/C26H26F3NO4/c27-26(28,29)21-11-15(5-10-23(21)34-17-3-1-2-4-17)14-33-18-7-9-22-20(13-18)19-8-6-16(12-24(31)32)25(19)30-22/h5,7,9-11,13,16-17,30H,1-4,6,8,12,14H2,(H,31,32). The Morgan fingerprint density at radius 2 is 1.88 bits per heavy atom. The van der Waals surface area contributed by atoms with E-state index in [0.717, 1.165) is 66.8 Å². The lowest BCUT2D eigenvalue weighted by atomic mass is 10.0. The molecule has 34 heavy (non-hydrogen) atoms. The van der Waals surface area contributed by atoms with Crippen molar-refractivity contribution in [2.75, 3.05) is 0 Å². The van der Waals surface area contributed by atoms with Crippen LogP contribution >= 0.6 is 0 Å². The molecule has 180 valence electrons. The van der Waals surface area contributed by atoms with Gasteiger partial charge in [-0.1, -0.05) is 6.07 Å². The van der Waals surface area contributed by atoms with Gasteiger partial charge in [0.2, 0.25) is 0 Å². The van der Waals surface area contributed by atoms with Crippen molar-refractivity contribution in [1.29, 1.82) is 0 Å². The molecule has 0 radical (unpaired) electrons. The molecule has 1 unspecified atom stereocenters. The predicted molar refractivity (Wildman–Crippen MR) is 120 cm³/mol. The Balaban J connectivity index is 1.33. The number of halogens is 3. The Kier molecular flexibility index (Phi) is 5.91. The third kappa shape index (κ3) is 4.58. The number of carboxylic acids is 1. The number of nitrogens with one attached hydrogen (secondary N) is 1. The number of carbonyl (C=O) groups is 1. The van der Waals surface area contributed by atoms with E-state index in [4.69, 9.17) is 14.6 Å². The first-order valence-corrected chi connectivity index (χ1v) is 11.6. The summed E-state index contributed by atoms with van der Waals surface area (Å²) in [5.41, 5.74) is 2.60. The molecular weight excluding hydrogens is 447 g/mol. The number of aromatic amines is 1. The molecule has 0 bridgehead atoms. The van der Waals surface area contributed by atoms with Crippen molar-refractivity contribution in [3.8, 4) is 11.5 Å². The van der Waals surface area contributed by atoms with Gasteiger partial charge in [-0.25, -0.2) is 0 Å². The van der Waals surface area contributed by atoms with Crippen LogP contribution in [-0.4, -0.2) is 22.2 Å². The van der Waals surface area contributed by atoms with Crippen LogP contribution in [0.25, 0.3) is 10.9 Å². The fourth-order valence-electron chi connectivity index (χ4n) is 5.18. The molecule has 1 aromatic heterocycles. The number of hydrogen-bond donors (Lipinski definition) is 2. The number of ether oxygens (including phenoxy) is 2. The minimum absolute atomic E-state index is 0.00739. The van der Waals surface area contributed by atoms with Crippen molar-refractivity contribution in [1.82, 2.24) is 4.98 Å². The van der Waals surface area contributed by atoms with Gasteiger partial charge in [-0.3, -0.25) is 4.79 Å². The van der Waals surface area contributed by atoms with Gasteiger partial charge in [0.15, 0.2) is 0 Å². The van der Waals surface area contributed by atoms with Gasteiger partial charge in [-0.15, -0.1) is 0 Å². The fraction of sp³-hybridized carbons (Fsp3) is 0.423. The minimum Gasteiger partial charge on any atom is -0.490 e. The highest BCUT2D eigenvalue weighted by Gasteiger charge is 2.35. The van der Waals surface area contributed by atoms with E-state index in [0.29, 0.717) is 11.3 Å². The normalized spacial score (nSPS) is 18.4. The Morgan fingerprint density at radius 1 is 1.09 bits per heavy atom. The topological polar surface area (TPSA) is 71.5 Å². The first-order chi connectivity index (χ1) is 16.3. The van der Waals surface area contributed by atoms with Crippen LogP contribution in [0, 0.1) is 0 Å². The second-order valence-corrected chi connectivity index (χ2v) is 9.20. The second kappa shape index (κ2) is 8.89. The zero-order chi connectivity index (χ0) is 23.9. The maximum Gasteiger partial charge on any atom is 0.419 e. The zero-order valence-electron chi connectivity index (χ0n) is 18.6. The molecule has 5 nitrogen and oxygen atoms in total. The van der Waals surface area contributed by atoms with Gasteiger partial charge in [0, 0.05) is 22.5 Å². The largest absolute Gasteiger partial charge is 0.490 e. The molecular formula is C26H26F3NO4. The molecule has 1 atom stereocenters. The Labute approximate surface area is 194 Å². The van der Waals surface area contributed by atoms with Gasteiger partial charge < -0.3 is 19.6 Å². The van der Waals surface area contributed by atoms with Crippen LogP contribution < -0.4 is 9.47 Å². The number of carboxylic acid groups (broad SMARTS) is 1. The second-order valence-electron chi connectivity index (χ2n) is 9.20. The van der Waals surface area contributed by atoms with E-state index in [2.05, 4.69) is 4.98 Å². The number of fused-ring (bicyclic) bond motifs is 3. The number of aromatic nitrogens is 1. The van der Waals surface area contributed by atoms with Crippen LogP contribution in [0.3, 0.4) is 0 Å². The van der Waals surface area contributed by atoms with Gasteiger partial charge >= 0.3 is 12.1 Å². The number of benzene rings is 2. The van der Waals surface area contributed by atoms with Crippen molar-refractivity contribution in [3.05, 3.63) is 58.8 Å². The summed E-state index contributed by atoms with van der Waals surface area (Å²) in [6, 6.07) is 9.61. The fourth-order valence-corrected chi connectivity index (χ4v) is 5.18. The maximum absolute atomic E-state index is 13.7. The molecule has 5 rings (SSSR count). The highest BCUT2D eigenvalue weighted by atomic mass is 19.4. The van der Waals surface area contributed by atoms with Gasteiger partial charge in [0.05, 0.1) is 18.1 Å². The molecule has 1 heterocycles. The van der Waals surface area contributed by atoms with E-state index >= 15 is 0 Å². The van der Waals surface area contributed by atoms with Gasteiger partial charge in [0.25, 0.3) is 0 Å².